The van der Waals surface area contributed by atoms with Gasteiger partial charge in [0.05, 0.1) is 19.8 Å². The van der Waals surface area contributed by atoms with E-state index >= 15 is 0 Å². The molecular weight excluding hydrogens is 258 g/mol. The molecule has 0 spiro atoms. The lowest BCUT2D eigenvalue weighted by Crippen LogP contribution is -2.42. The number of hydrogen-bond donors (Lipinski definition) is 1. The van der Waals surface area contributed by atoms with E-state index in [1.807, 2.05) is 36.1 Å². The molecule has 0 amide bonds. The average molecular weight is 279 g/mol. The molecule has 20 heavy (non-hydrogen) atoms. The fourth-order valence-corrected chi connectivity index (χ4v) is 2.34. The number of morpholine rings is 1. The molecule has 0 saturated carbocycles. The van der Waals surface area contributed by atoms with E-state index < -0.39 is 12.0 Å². The zero-order chi connectivity index (χ0) is 14.4. The van der Waals surface area contributed by atoms with Gasteiger partial charge in [-0.25, -0.2) is 0 Å². The smallest absolute Gasteiger partial charge is 0.325 e. The molecule has 0 bridgehead atoms. The maximum absolute atomic E-state index is 11.6. The van der Waals surface area contributed by atoms with Gasteiger partial charge in [0.15, 0.2) is 0 Å². The zero-order valence-corrected chi connectivity index (χ0v) is 11.7. The second kappa shape index (κ2) is 7.26. The number of benzene rings is 1. The van der Waals surface area contributed by atoms with Crippen molar-refractivity contribution < 1.29 is 19.4 Å². The van der Waals surface area contributed by atoms with Gasteiger partial charge in [-0.2, -0.15) is 0 Å². The van der Waals surface area contributed by atoms with Crippen LogP contribution in [0.25, 0.3) is 0 Å². The maximum Gasteiger partial charge on any atom is 0.325 e. The molecule has 1 aliphatic heterocycles. The number of ether oxygens (including phenoxy) is 2. The van der Waals surface area contributed by atoms with Crippen LogP contribution in [0.4, 0.5) is 0 Å². The summed E-state index contributed by atoms with van der Waals surface area (Å²) in [6.45, 7) is 5.11. The highest BCUT2D eigenvalue weighted by molar-refractivity contribution is 5.75. The van der Waals surface area contributed by atoms with Gasteiger partial charge in [-0.3, -0.25) is 9.69 Å². The summed E-state index contributed by atoms with van der Waals surface area (Å²) in [6, 6.07) is 6.73. The minimum Gasteiger partial charge on any atom is -0.494 e. The molecule has 1 heterocycles. The maximum atomic E-state index is 11.6. The molecule has 5 nitrogen and oxygen atoms in total. The number of aliphatic carboxylic acids is 1. The van der Waals surface area contributed by atoms with Crippen molar-refractivity contribution in [3.63, 3.8) is 0 Å². The van der Waals surface area contributed by atoms with Gasteiger partial charge in [-0.05, 0) is 24.1 Å². The highest BCUT2D eigenvalue weighted by Crippen LogP contribution is 2.25. The topological polar surface area (TPSA) is 59.0 Å². The van der Waals surface area contributed by atoms with E-state index in [1.165, 1.54) is 0 Å². The van der Waals surface area contributed by atoms with Crippen LogP contribution in [0.3, 0.4) is 0 Å². The standard InChI is InChI=1S/C15H21NO4/c1-2-8-20-13-5-3-4-12(11-13)14(15(17)18)16-6-9-19-10-7-16/h3-5,11,14H,2,6-10H2,1H3,(H,17,18). The lowest BCUT2D eigenvalue weighted by molar-refractivity contribution is -0.145. The predicted octanol–water partition coefficient (Wildman–Crippen LogP) is 1.93. The van der Waals surface area contributed by atoms with Gasteiger partial charge in [-0.1, -0.05) is 19.1 Å². The SMILES string of the molecule is CCCOc1cccc(C(C(=O)O)N2CCOCC2)c1. The van der Waals surface area contributed by atoms with Gasteiger partial charge in [0.1, 0.15) is 11.8 Å². The lowest BCUT2D eigenvalue weighted by Gasteiger charge is -2.32. The molecule has 1 aromatic rings. The Bertz CT molecular complexity index is 443. The first-order valence-corrected chi connectivity index (χ1v) is 6.99. The van der Waals surface area contributed by atoms with Crippen LogP contribution in [0.2, 0.25) is 0 Å². The Labute approximate surface area is 119 Å². The minimum atomic E-state index is -0.834. The van der Waals surface area contributed by atoms with Crippen molar-refractivity contribution in [1.82, 2.24) is 4.90 Å². The summed E-state index contributed by atoms with van der Waals surface area (Å²) in [5, 5.41) is 9.52. The summed E-state index contributed by atoms with van der Waals surface area (Å²) in [5.74, 6) is -0.108. The minimum absolute atomic E-state index is 0.579. The van der Waals surface area contributed by atoms with Gasteiger partial charge < -0.3 is 14.6 Å². The van der Waals surface area contributed by atoms with E-state index in [-0.39, 0.29) is 0 Å². The van der Waals surface area contributed by atoms with Crippen LogP contribution in [0.5, 0.6) is 5.75 Å². The molecule has 1 saturated heterocycles. The van der Waals surface area contributed by atoms with Crippen molar-refractivity contribution in [3.05, 3.63) is 29.8 Å². The number of carboxylic acid groups (broad SMARTS) is 1. The highest BCUT2D eigenvalue weighted by atomic mass is 16.5. The Hall–Kier alpha value is -1.59. The van der Waals surface area contributed by atoms with Crippen molar-refractivity contribution in [2.75, 3.05) is 32.9 Å². The number of rotatable bonds is 6. The van der Waals surface area contributed by atoms with E-state index in [4.69, 9.17) is 9.47 Å². The van der Waals surface area contributed by atoms with E-state index in [1.54, 1.807) is 0 Å². The third-order valence-corrected chi connectivity index (χ3v) is 3.29. The monoisotopic (exact) mass is 279 g/mol. The van der Waals surface area contributed by atoms with Crippen LogP contribution in [0.15, 0.2) is 24.3 Å². The fraction of sp³-hybridized carbons (Fsp3) is 0.533. The number of hydrogen-bond acceptors (Lipinski definition) is 4. The van der Waals surface area contributed by atoms with Gasteiger partial charge in [0.25, 0.3) is 0 Å². The molecule has 0 radical (unpaired) electrons. The first kappa shape index (κ1) is 14.8. The largest absolute Gasteiger partial charge is 0.494 e. The quantitative estimate of drug-likeness (QED) is 0.862. The van der Waals surface area contributed by atoms with Gasteiger partial charge in [0, 0.05) is 13.1 Å². The van der Waals surface area contributed by atoms with Crippen molar-refractivity contribution in [1.29, 1.82) is 0 Å². The molecule has 5 heteroatoms. The fourth-order valence-electron chi connectivity index (χ4n) is 2.34. The molecule has 2 rings (SSSR count). The zero-order valence-electron chi connectivity index (χ0n) is 11.7. The second-order valence-electron chi connectivity index (χ2n) is 4.81. The molecule has 0 aliphatic carbocycles. The molecular formula is C15H21NO4. The molecule has 1 unspecified atom stereocenters. The molecule has 0 aromatic heterocycles. The van der Waals surface area contributed by atoms with Crippen LogP contribution in [0.1, 0.15) is 24.9 Å². The second-order valence-corrected chi connectivity index (χ2v) is 4.81. The third kappa shape index (κ3) is 3.71. The van der Waals surface area contributed by atoms with E-state index in [2.05, 4.69) is 0 Å². The predicted molar refractivity (Wildman–Crippen MR) is 75.0 cm³/mol. The Morgan fingerprint density at radius 2 is 2.20 bits per heavy atom. The van der Waals surface area contributed by atoms with Crippen LogP contribution < -0.4 is 4.74 Å². The number of nitrogens with zero attached hydrogens (tertiary/aromatic N) is 1. The molecule has 1 N–H and O–H groups in total. The van der Waals surface area contributed by atoms with Crippen LogP contribution in [-0.2, 0) is 9.53 Å². The van der Waals surface area contributed by atoms with E-state index in [9.17, 15) is 9.90 Å². The third-order valence-electron chi connectivity index (χ3n) is 3.29. The van der Waals surface area contributed by atoms with Crippen LogP contribution in [-0.4, -0.2) is 48.9 Å². The lowest BCUT2D eigenvalue weighted by atomic mass is 10.0. The first-order chi connectivity index (χ1) is 9.72. The average Bonchev–Trinajstić information content (AvgIpc) is 2.46. The Balaban J connectivity index is 2.17. The highest BCUT2D eigenvalue weighted by Gasteiger charge is 2.28. The summed E-state index contributed by atoms with van der Waals surface area (Å²) >= 11 is 0. The summed E-state index contributed by atoms with van der Waals surface area (Å²) in [6.07, 6.45) is 0.927. The number of carboxylic acids is 1. The first-order valence-electron chi connectivity index (χ1n) is 6.99. The molecule has 1 aromatic carbocycles. The Morgan fingerprint density at radius 3 is 2.85 bits per heavy atom. The van der Waals surface area contributed by atoms with Gasteiger partial charge in [0.2, 0.25) is 0 Å². The van der Waals surface area contributed by atoms with Crippen LogP contribution >= 0.6 is 0 Å². The van der Waals surface area contributed by atoms with Gasteiger partial charge in [-0.15, -0.1) is 0 Å². The molecule has 1 fully saturated rings. The van der Waals surface area contributed by atoms with Crippen molar-refractivity contribution in [2.45, 2.75) is 19.4 Å². The summed E-state index contributed by atoms with van der Waals surface area (Å²) in [4.78, 5) is 13.5. The summed E-state index contributed by atoms with van der Waals surface area (Å²) in [5.41, 5.74) is 0.757. The molecule has 1 atom stereocenters. The molecule has 110 valence electrons. The van der Waals surface area contributed by atoms with E-state index in [0.717, 1.165) is 17.7 Å². The summed E-state index contributed by atoms with van der Waals surface area (Å²) < 4.78 is 10.9. The Kier molecular flexibility index (Phi) is 5.38. The molecule has 1 aliphatic rings. The Morgan fingerprint density at radius 1 is 1.45 bits per heavy atom. The van der Waals surface area contributed by atoms with Gasteiger partial charge >= 0.3 is 5.97 Å². The van der Waals surface area contributed by atoms with E-state index in [0.29, 0.717) is 32.9 Å². The number of carbonyl (C=O) groups is 1. The van der Waals surface area contributed by atoms with Crippen molar-refractivity contribution in [3.8, 4) is 5.75 Å². The van der Waals surface area contributed by atoms with Crippen molar-refractivity contribution in [2.24, 2.45) is 0 Å². The normalized spacial score (nSPS) is 17.6. The van der Waals surface area contributed by atoms with Crippen LogP contribution in [0, 0.1) is 0 Å². The summed E-state index contributed by atoms with van der Waals surface area (Å²) in [7, 11) is 0. The van der Waals surface area contributed by atoms with Crippen molar-refractivity contribution >= 4 is 5.97 Å².